The number of hydrogen-bond acceptors (Lipinski definition) is 4. The van der Waals surface area contributed by atoms with Gasteiger partial charge in [-0.05, 0) is 34.1 Å². The van der Waals surface area contributed by atoms with E-state index in [-0.39, 0.29) is 0 Å². The summed E-state index contributed by atoms with van der Waals surface area (Å²) in [6.07, 6.45) is -0.193. The van der Waals surface area contributed by atoms with Crippen LogP contribution in [0.4, 0.5) is 4.79 Å². The quantitative estimate of drug-likeness (QED) is 0.753. The molecule has 0 rings (SSSR count). The van der Waals surface area contributed by atoms with E-state index < -0.39 is 23.2 Å². The third kappa shape index (κ3) is 4.51. The Hall–Kier alpha value is -1.26. The lowest BCUT2D eigenvalue weighted by Gasteiger charge is -2.28. The van der Waals surface area contributed by atoms with Crippen molar-refractivity contribution in [3.05, 3.63) is 0 Å². The number of nitrogens with one attached hydrogen (secondary N) is 1. The zero-order valence-electron chi connectivity index (χ0n) is 10.8. The normalized spacial score (nSPS) is 14.9. The predicted octanol–water partition coefficient (Wildman–Crippen LogP) is 1.85. The molecule has 1 N–H and O–H groups in total. The lowest BCUT2D eigenvalue weighted by Crippen LogP contribution is -2.53. The summed E-state index contributed by atoms with van der Waals surface area (Å²) in [6, 6.07) is 0. The molecule has 0 aromatic carbocycles. The molecule has 0 radical (unpaired) electrons. The van der Waals surface area contributed by atoms with Crippen molar-refractivity contribution in [2.75, 3.05) is 7.11 Å². The molecule has 0 bridgehead atoms. The van der Waals surface area contributed by atoms with E-state index in [1.165, 1.54) is 7.11 Å². The molecule has 16 heavy (non-hydrogen) atoms. The number of esters is 1. The van der Waals surface area contributed by atoms with Crippen LogP contribution in [0.2, 0.25) is 0 Å². The Kier molecular flexibility index (Phi) is 4.78. The lowest BCUT2D eigenvalue weighted by molar-refractivity contribution is -0.148. The van der Waals surface area contributed by atoms with E-state index in [4.69, 9.17) is 4.74 Å². The van der Waals surface area contributed by atoms with E-state index in [2.05, 4.69) is 10.1 Å². The number of alkyl carbamates (subject to hydrolysis) is 1. The van der Waals surface area contributed by atoms with Crippen molar-refractivity contribution in [1.29, 1.82) is 0 Å². The number of rotatable bonds is 3. The molecule has 1 atom stereocenters. The zero-order valence-corrected chi connectivity index (χ0v) is 10.8. The molecular formula is C11H21NO4. The summed E-state index contributed by atoms with van der Waals surface area (Å²) in [4.78, 5) is 23.0. The van der Waals surface area contributed by atoms with Crippen LogP contribution in [0.5, 0.6) is 0 Å². The highest BCUT2D eigenvalue weighted by Gasteiger charge is 2.35. The van der Waals surface area contributed by atoms with Crippen LogP contribution >= 0.6 is 0 Å². The molecule has 0 aromatic heterocycles. The molecule has 1 amide bonds. The third-order valence-electron chi connectivity index (χ3n) is 2.12. The van der Waals surface area contributed by atoms with Gasteiger partial charge in [-0.3, -0.25) is 0 Å². The topological polar surface area (TPSA) is 64.6 Å². The van der Waals surface area contributed by atoms with Crippen molar-refractivity contribution in [3.63, 3.8) is 0 Å². The fraction of sp³-hybridized carbons (Fsp3) is 0.818. The standard InChI is InChI=1S/C11H21NO4/c1-7-11(5,8(13)15-6)12-9(14)16-10(2,3)4/h7H2,1-6H3,(H,12,14)/t11-/m1/s1. The number of ether oxygens (including phenoxy) is 2. The maximum atomic E-state index is 11.5. The van der Waals surface area contributed by atoms with Crippen LogP contribution in [0.15, 0.2) is 0 Å². The van der Waals surface area contributed by atoms with E-state index >= 15 is 0 Å². The molecule has 0 aromatic rings. The Labute approximate surface area is 96.5 Å². The highest BCUT2D eigenvalue weighted by Crippen LogP contribution is 2.13. The fourth-order valence-electron chi connectivity index (χ4n) is 1.04. The molecule has 0 aliphatic carbocycles. The SMILES string of the molecule is CC[C@@](C)(NC(=O)OC(C)(C)C)C(=O)OC. The fourth-order valence-corrected chi connectivity index (χ4v) is 1.04. The Morgan fingerprint density at radius 3 is 2.00 bits per heavy atom. The summed E-state index contributed by atoms with van der Waals surface area (Å²) in [5.41, 5.74) is -1.63. The van der Waals surface area contributed by atoms with E-state index in [0.29, 0.717) is 6.42 Å². The van der Waals surface area contributed by atoms with Crippen LogP contribution in [0.25, 0.3) is 0 Å². The van der Waals surface area contributed by atoms with Crippen LogP contribution < -0.4 is 5.32 Å². The average Bonchev–Trinajstić information content (AvgIpc) is 2.13. The van der Waals surface area contributed by atoms with E-state index in [1.807, 2.05) is 0 Å². The summed E-state index contributed by atoms with van der Waals surface area (Å²) in [5, 5.41) is 2.51. The number of methoxy groups -OCH3 is 1. The number of carbonyl (C=O) groups is 2. The summed E-state index contributed by atoms with van der Waals surface area (Å²) >= 11 is 0. The van der Waals surface area contributed by atoms with Gasteiger partial charge in [-0.1, -0.05) is 6.92 Å². The number of hydrogen-bond donors (Lipinski definition) is 1. The second-order valence-electron chi connectivity index (χ2n) is 4.80. The first-order valence-corrected chi connectivity index (χ1v) is 5.24. The van der Waals surface area contributed by atoms with E-state index in [1.54, 1.807) is 34.6 Å². The van der Waals surface area contributed by atoms with Gasteiger partial charge in [0.1, 0.15) is 11.1 Å². The Bertz CT molecular complexity index is 270. The number of amides is 1. The van der Waals surface area contributed by atoms with Crippen LogP contribution in [0.1, 0.15) is 41.0 Å². The molecule has 0 aliphatic rings. The van der Waals surface area contributed by atoms with Gasteiger partial charge in [-0.25, -0.2) is 9.59 Å². The van der Waals surface area contributed by atoms with Crippen LogP contribution in [0.3, 0.4) is 0 Å². The smallest absolute Gasteiger partial charge is 0.408 e. The molecule has 0 saturated carbocycles. The van der Waals surface area contributed by atoms with Crippen molar-refractivity contribution in [2.24, 2.45) is 0 Å². The Balaban J connectivity index is 4.55. The van der Waals surface area contributed by atoms with Gasteiger partial charge in [0.2, 0.25) is 0 Å². The van der Waals surface area contributed by atoms with Crippen molar-refractivity contribution in [3.8, 4) is 0 Å². The molecule has 0 unspecified atom stereocenters. The van der Waals surface area contributed by atoms with Gasteiger partial charge in [0.25, 0.3) is 0 Å². The van der Waals surface area contributed by atoms with Gasteiger partial charge < -0.3 is 14.8 Å². The van der Waals surface area contributed by atoms with Gasteiger partial charge in [-0.15, -0.1) is 0 Å². The molecule has 94 valence electrons. The Morgan fingerprint density at radius 1 is 1.19 bits per heavy atom. The monoisotopic (exact) mass is 231 g/mol. The largest absolute Gasteiger partial charge is 0.467 e. The first kappa shape index (κ1) is 14.7. The van der Waals surface area contributed by atoms with Crippen molar-refractivity contribution in [1.82, 2.24) is 5.32 Å². The number of carbonyl (C=O) groups excluding carboxylic acids is 2. The molecule has 0 aliphatic heterocycles. The zero-order chi connectivity index (χ0) is 13.0. The van der Waals surface area contributed by atoms with Gasteiger partial charge in [0, 0.05) is 0 Å². The molecular weight excluding hydrogens is 210 g/mol. The molecule has 0 heterocycles. The van der Waals surface area contributed by atoms with Crippen molar-refractivity contribution in [2.45, 2.75) is 52.2 Å². The minimum Gasteiger partial charge on any atom is -0.467 e. The maximum Gasteiger partial charge on any atom is 0.408 e. The highest BCUT2D eigenvalue weighted by atomic mass is 16.6. The first-order valence-electron chi connectivity index (χ1n) is 5.24. The second kappa shape index (κ2) is 5.18. The predicted molar refractivity (Wildman–Crippen MR) is 60.1 cm³/mol. The van der Waals surface area contributed by atoms with Gasteiger partial charge >= 0.3 is 12.1 Å². The first-order chi connectivity index (χ1) is 7.14. The summed E-state index contributed by atoms with van der Waals surface area (Å²) < 4.78 is 9.70. The molecule has 5 nitrogen and oxygen atoms in total. The van der Waals surface area contributed by atoms with Gasteiger partial charge in [0.15, 0.2) is 0 Å². The van der Waals surface area contributed by atoms with Crippen LogP contribution in [-0.4, -0.2) is 30.3 Å². The van der Waals surface area contributed by atoms with E-state index in [0.717, 1.165) is 0 Å². The minimum absolute atomic E-state index is 0.429. The highest BCUT2D eigenvalue weighted by molar-refractivity contribution is 5.85. The summed E-state index contributed by atoms with van der Waals surface area (Å²) in [6.45, 7) is 8.66. The third-order valence-corrected chi connectivity index (χ3v) is 2.12. The van der Waals surface area contributed by atoms with Gasteiger partial charge in [-0.2, -0.15) is 0 Å². The second-order valence-corrected chi connectivity index (χ2v) is 4.80. The molecule has 5 heteroatoms. The van der Waals surface area contributed by atoms with Crippen LogP contribution in [0, 0.1) is 0 Å². The maximum absolute atomic E-state index is 11.5. The minimum atomic E-state index is -1.04. The summed E-state index contributed by atoms with van der Waals surface area (Å²) in [7, 11) is 1.28. The van der Waals surface area contributed by atoms with Crippen molar-refractivity contribution < 1.29 is 19.1 Å². The van der Waals surface area contributed by atoms with E-state index in [9.17, 15) is 9.59 Å². The molecule has 0 fully saturated rings. The molecule has 0 saturated heterocycles. The average molecular weight is 231 g/mol. The molecule has 0 spiro atoms. The summed E-state index contributed by atoms with van der Waals surface area (Å²) in [5.74, 6) is -0.485. The lowest BCUT2D eigenvalue weighted by atomic mass is 10.00. The van der Waals surface area contributed by atoms with Crippen LogP contribution in [-0.2, 0) is 14.3 Å². The van der Waals surface area contributed by atoms with Gasteiger partial charge in [0.05, 0.1) is 7.11 Å². The Morgan fingerprint density at radius 2 is 1.69 bits per heavy atom. The van der Waals surface area contributed by atoms with Crippen molar-refractivity contribution >= 4 is 12.1 Å².